The van der Waals surface area contributed by atoms with Crippen LogP contribution in [-0.4, -0.2) is 21.5 Å². The molecule has 1 amide bonds. The molecule has 0 radical (unpaired) electrons. The third-order valence-corrected chi connectivity index (χ3v) is 5.89. The number of benzene rings is 2. The first-order chi connectivity index (χ1) is 14.9. The van der Waals surface area contributed by atoms with Gasteiger partial charge in [-0.15, -0.1) is 0 Å². The molecule has 0 fully saturated rings. The molecule has 0 bridgehead atoms. The Hall–Kier alpha value is -3.67. The second-order valence-corrected chi connectivity index (χ2v) is 8.94. The van der Waals surface area contributed by atoms with Gasteiger partial charge in [0.05, 0.1) is 6.20 Å². The number of carbonyl (C=O) groups excluding carboxylic acids is 2. The average molecular weight is 412 g/mol. The summed E-state index contributed by atoms with van der Waals surface area (Å²) in [5, 5.41) is 10.9. The molecule has 2 heterocycles. The minimum Gasteiger partial charge on any atom is -0.343 e. The Morgan fingerprint density at radius 1 is 1.06 bits per heavy atom. The lowest BCUT2D eigenvalue weighted by Crippen LogP contribution is -2.36. The molecule has 5 rings (SSSR count). The molecule has 1 aromatic heterocycles. The zero-order valence-electron chi connectivity index (χ0n) is 17.6. The van der Waals surface area contributed by atoms with E-state index in [1.54, 1.807) is 10.9 Å². The Morgan fingerprint density at radius 3 is 2.45 bits per heavy atom. The maximum absolute atomic E-state index is 13.2. The molecular formula is C25H24N4O2. The van der Waals surface area contributed by atoms with Gasteiger partial charge in [0.15, 0.2) is 5.78 Å². The lowest BCUT2D eigenvalue weighted by molar-refractivity contribution is -0.118. The second-order valence-electron chi connectivity index (χ2n) is 8.94. The minimum absolute atomic E-state index is 0.129. The van der Waals surface area contributed by atoms with E-state index in [0.29, 0.717) is 17.8 Å². The van der Waals surface area contributed by atoms with Gasteiger partial charge in [0.1, 0.15) is 17.4 Å². The third-order valence-electron chi connectivity index (χ3n) is 5.89. The fraction of sp³-hybridized carbons (Fsp3) is 0.240. The Morgan fingerprint density at radius 2 is 1.74 bits per heavy atom. The molecule has 0 saturated heterocycles. The number of hydrogen-bond donors (Lipinski definition) is 2. The van der Waals surface area contributed by atoms with Crippen molar-refractivity contribution in [3.8, 4) is 0 Å². The number of anilines is 2. The van der Waals surface area contributed by atoms with Crippen LogP contribution in [0, 0.1) is 5.41 Å². The second kappa shape index (κ2) is 7.23. The summed E-state index contributed by atoms with van der Waals surface area (Å²) in [6.07, 6.45) is 2.81. The highest BCUT2D eigenvalue weighted by Gasteiger charge is 2.42. The van der Waals surface area contributed by atoms with Crippen molar-refractivity contribution in [3.05, 3.63) is 89.3 Å². The number of fused-ring (bicyclic) bond motifs is 1. The van der Waals surface area contributed by atoms with Crippen LogP contribution in [0.25, 0.3) is 0 Å². The Bertz CT molecular complexity index is 1190. The molecule has 3 aromatic rings. The Labute approximate surface area is 181 Å². The van der Waals surface area contributed by atoms with Crippen molar-refractivity contribution in [2.75, 3.05) is 10.6 Å². The van der Waals surface area contributed by atoms with E-state index in [1.807, 2.05) is 60.7 Å². The van der Waals surface area contributed by atoms with Crippen LogP contribution in [0.1, 0.15) is 48.7 Å². The predicted octanol–water partition coefficient (Wildman–Crippen LogP) is 4.79. The number of allylic oxidation sites excluding steroid dienone is 2. The average Bonchev–Trinajstić information content (AvgIpc) is 3.16. The number of nitrogens with one attached hydrogen (secondary N) is 2. The normalized spacial score (nSPS) is 19.3. The lowest BCUT2D eigenvalue weighted by Gasteiger charge is -2.39. The fourth-order valence-corrected chi connectivity index (χ4v) is 4.54. The first-order valence-electron chi connectivity index (χ1n) is 10.4. The molecule has 6 nitrogen and oxygen atoms in total. The summed E-state index contributed by atoms with van der Waals surface area (Å²) in [5.41, 5.74) is 3.64. The van der Waals surface area contributed by atoms with Gasteiger partial charge in [0.2, 0.25) is 0 Å². The van der Waals surface area contributed by atoms with Crippen LogP contribution in [0.5, 0.6) is 0 Å². The number of hydrogen-bond acceptors (Lipinski definition) is 4. The molecule has 1 atom stereocenters. The molecule has 0 unspecified atom stereocenters. The highest BCUT2D eigenvalue weighted by molar-refractivity contribution is 6.08. The Balaban J connectivity index is 1.60. The quantitative estimate of drug-likeness (QED) is 0.648. The van der Waals surface area contributed by atoms with Crippen LogP contribution in [-0.2, 0) is 4.79 Å². The van der Waals surface area contributed by atoms with Gasteiger partial charge in [-0.05, 0) is 29.5 Å². The molecule has 2 aromatic carbocycles. The molecule has 1 aliphatic carbocycles. The van der Waals surface area contributed by atoms with Gasteiger partial charge < -0.3 is 10.6 Å². The third kappa shape index (κ3) is 3.44. The molecule has 31 heavy (non-hydrogen) atoms. The van der Waals surface area contributed by atoms with Crippen LogP contribution in [0.15, 0.2) is 78.1 Å². The van der Waals surface area contributed by atoms with Crippen molar-refractivity contribution in [1.29, 1.82) is 0 Å². The molecule has 0 spiro atoms. The van der Waals surface area contributed by atoms with Gasteiger partial charge in [0, 0.05) is 23.4 Å². The van der Waals surface area contributed by atoms with Crippen LogP contribution in [0.2, 0.25) is 0 Å². The van der Waals surface area contributed by atoms with E-state index in [9.17, 15) is 9.59 Å². The van der Waals surface area contributed by atoms with Crippen molar-refractivity contribution < 1.29 is 9.59 Å². The van der Waals surface area contributed by atoms with E-state index in [2.05, 4.69) is 29.6 Å². The molecular weight excluding hydrogens is 388 g/mol. The number of aromatic nitrogens is 2. The van der Waals surface area contributed by atoms with Crippen molar-refractivity contribution >= 4 is 23.2 Å². The van der Waals surface area contributed by atoms with Crippen LogP contribution in [0.3, 0.4) is 0 Å². The lowest BCUT2D eigenvalue weighted by atomic mass is 9.73. The molecule has 156 valence electrons. The van der Waals surface area contributed by atoms with Gasteiger partial charge in [-0.3, -0.25) is 9.59 Å². The summed E-state index contributed by atoms with van der Waals surface area (Å²) < 4.78 is 1.77. The zero-order valence-corrected chi connectivity index (χ0v) is 17.6. The summed E-state index contributed by atoms with van der Waals surface area (Å²) in [4.78, 5) is 26.3. The fourth-order valence-electron chi connectivity index (χ4n) is 4.54. The standard InChI is InChI=1S/C25H24N4O2/c1-25(2)13-19-21(20(30)14-25)22(16-9-5-3-6-10-16)29-23(28-19)18(15-26-29)24(31)27-17-11-7-4-8-12-17/h3-12,15,22,28H,13-14H2,1-2H3,(H,27,31)/t22-/m1/s1. The number of ketones is 1. The molecule has 1 aliphatic heterocycles. The topological polar surface area (TPSA) is 76.0 Å². The maximum Gasteiger partial charge on any atom is 0.261 e. The smallest absolute Gasteiger partial charge is 0.261 e. The first-order valence-corrected chi connectivity index (χ1v) is 10.4. The predicted molar refractivity (Wildman–Crippen MR) is 120 cm³/mol. The number of rotatable bonds is 3. The van der Waals surface area contributed by atoms with Crippen LogP contribution < -0.4 is 10.6 Å². The number of nitrogens with zero attached hydrogens (tertiary/aromatic N) is 2. The summed E-state index contributed by atoms with van der Waals surface area (Å²) in [7, 11) is 0. The number of Topliss-reactive ketones (excluding diaryl/α,β-unsaturated/α-hetero) is 1. The van der Waals surface area contributed by atoms with Crippen molar-refractivity contribution in [2.45, 2.75) is 32.7 Å². The summed E-state index contributed by atoms with van der Waals surface area (Å²) >= 11 is 0. The SMILES string of the molecule is CC1(C)CC(=O)C2=C(C1)Nc1c(C(=O)Nc3ccccc3)cnn1[C@@H]2c1ccccc1. The van der Waals surface area contributed by atoms with E-state index >= 15 is 0 Å². The summed E-state index contributed by atoms with van der Waals surface area (Å²) in [6.45, 7) is 4.20. The molecule has 0 saturated carbocycles. The first kappa shape index (κ1) is 19.3. The van der Waals surface area contributed by atoms with E-state index in [1.165, 1.54) is 0 Å². The summed E-state index contributed by atoms with van der Waals surface area (Å²) in [6, 6.07) is 18.9. The van der Waals surface area contributed by atoms with Gasteiger partial charge in [-0.2, -0.15) is 5.10 Å². The maximum atomic E-state index is 13.2. The van der Waals surface area contributed by atoms with E-state index in [-0.39, 0.29) is 23.1 Å². The van der Waals surface area contributed by atoms with E-state index in [4.69, 9.17) is 0 Å². The number of amides is 1. The minimum atomic E-state index is -0.352. The largest absolute Gasteiger partial charge is 0.343 e. The van der Waals surface area contributed by atoms with Crippen LogP contribution in [0.4, 0.5) is 11.5 Å². The van der Waals surface area contributed by atoms with Crippen molar-refractivity contribution in [1.82, 2.24) is 9.78 Å². The molecule has 2 aliphatic rings. The van der Waals surface area contributed by atoms with Gasteiger partial charge >= 0.3 is 0 Å². The van der Waals surface area contributed by atoms with E-state index in [0.717, 1.165) is 28.9 Å². The van der Waals surface area contributed by atoms with Gasteiger partial charge in [-0.1, -0.05) is 62.4 Å². The van der Waals surface area contributed by atoms with Crippen LogP contribution >= 0.6 is 0 Å². The molecule has 6 heteroatoms. The monoisotopic (exact) mass is 412 g/mol. The Kier molecular flexibility index (Phi) is 4.50. The molecule has 2 N–H and O–H groups in total. The highest BCUT2D eigenvalue weighted by atomic mass is 16.1. The van der Waals surface area contributed by atoms with E-state index < -0.39 is 0 Å². The summed E-state index contributed by atoms with van der Waals surface area (Å²) in [5.74, 6) is 0.507. The highest BCUT2D eigenvalue weighted by Crippen LogP contribution is 2.46. The van der Waals surface area contributed by atoms with Gasteiger partial charge in [-0.25, -0.2) is 4.68 Å². The van der Waals surface area contributed by atoms with Crippen molar-refractivity contribution in [2.24, 2.45) is 5.41 Å². The van der Waals surface area contributed by atoms with Gasteiger partial charge in [0.25, 0.3) is 5.91 Å². The van der Waals surface area contributed by atoms with Crippen molar-refractivity contribution in [3.63, 3.8) is 0 Å². The number of carbonyl (C=O) groups is 2. The zero-order chi connectivity index (χ0) is 21.6. The number of para-hydroxylation sites is 1.